The summed E-state index contributed by atoms with van der Waals surface area (Å²) in [5.41, 5.74) is 5.73. The first kappa shape index (κ1) is 11.8. The molecule has 0 aromatic heterocycles. The lowest BCUT2D eigenvalue weighted by Gasteiger charge is -2.27. The molecule has 1 fully saturated rings. The lowest BCUT2D eigenvalue weighted by Crippen LogP contribution is -2.45. The van der Waals surface area contributed by atoms with Gasteiger partial charge in [0.25, 0.3) is 0 Å². The number of aliphatic imine (C=N–C) groups is 1. The van der Waals surface area contributed by atoms with Crippen LogP contribution in [0.5, 0.6) is 0 Å². The van der Waals surface area contributed by atoms with Gasteiger partial charge in [0.2, 0.25) is 5.91 Å². The van der Waals surface area contributed by atoms with E-state index in [0.29, 0.717) is 25.7 Å². The number of amides is 1. The van der Waals surface area contributed by atoms with E-state index in [4.69, 9.17) is 10.5 Å². The number of likely N-dealkylation sites (N-methyl/N-ethyl adjacent to an activating group) is 1. The number of hydrogen-bond acceptors (Lipinski definition) is 3. The first-order valence-corrected chi connectivity index (χ1v) is 5.13. The van der Waals surface area contributed by atoms with Crippen LogP contribution in [-0.2, 0) is 9.53 Å². The van der Waals surface area contributed by atoms with Crippen molar-refractivity contribution in [1.29, 1.82) is 0 Å². The fourth-order valence-electron chi connectivity index (χ4n) is 1.30. The molecule has 0 unspecified atom stereocenters. The molecular weight excluding hydrogens is 196 g/mol. The number of hydrogen-bond donors (Lipinski definition) is 2. The molecule has 6 nitrogen and oxygen atoms in total. The minimum Gasteiger partial charge on any atom is -0.378 e. The second kappa shape index (κ2) is 6.23. The number of carbonyl (C=O) groups excluding carboxylic acids is 1. The first-order chi connectivity index (χ1) is 7.24. The molecule has 1 saturated heterocycles. The Kier molecular flexibility index (Phi) is 4.89. The van der Waals surface area contributed by atoms with Crippen LogP contribution in [0, 0.1) is 0 Å². The fraction of sp³-hybridized carbons (Fsp3) is 0.778. The van der Waals surface area contributed by atoms with Gasteiger partial charge in [0.1, 0.15) is 6.54 Å². The third-order valence-corrected chi connectivity index (χ3v) is 2.09. The number of ether oxygens (including phenoxy) is 1. The van der Waals surface area contributed by atoms with E-state index in [2.05, 4.69) is 10.3 Å². The van der Waals surface area contributed by atoms with E-state index >= 15 is 0 Å². The van der Waals surface area contributed by atoms with Crippen LogP contribution in [-0.4, -0.2) is 56.2 Å². The number of rotatable bonds is 3. The molecule has 1 heterocycles. The predicted octanol–water partition coefficient (Wildman–Crippen LogP) is -1.23. The van der Waals surface area contributed by atoms with Gasteiger partial charge in [-0.05, 0) is 6.92 Å². The van der Waals surface area contributed by atoms with Gasteiger partial charge in [-0.1, -0.05) is 0 Å². The summed E-state index contributed by atoms with van der Waals surface area (Å²) in [6.45, 7) is 5.39. The van der Waals surface area contributed by atoms with Crippen LogP contribution in [0.25, 0.3) is 0 Å². The number of guanidine groups is 1. The SMILES string of the molecule is CCNC(=O)CN=C(N)N1CCOCC1. The molecule has 3 N–H and O–H groups in total. The molecule has 0 radical (unpaired) electrons. The molecule has 0 spiro atoms. The molecule has 0 bridgehead atoms. The van der Waals surface area contributed by atoms with E-state index in [1.54, 1.807) is 0 Å². The highest BCUT2D eigenvalue weighted by molar-refractivity contribution is 5.84. The smallest absolute Gasteiger partial charge is 0.241 e. The van der Waals surface area contributed by atoms with E-state index in [-0.39, 0.29) is 12.5 Å². The van der Waals surface area contributed by atoms with Gasteiger partial charge in [0, 0.05) is 19.6 Å². The zero-order valence-electron chi connectivity index (χ0n) is 9.03. The summed E-state index contributed by atoms with van der Waals surface area (Å²) in [5.74, 6) is 0.318. The fourth-order valence-corrected chi connectivity index (χ4v) is 1.30. The van der Waals surface area contributed by atoms with Crippen LogP contribution in [0.1, 0.15) is 6.92 Å². The Morgan fingerprint density at radius 1 is 1.53 bits per heavy atom. The van der Waals surface area contributed by atoms with Crippen LogP contribution >= 0.6 is 0 Å². The summed E-state index contributed by atoms with van der Waals surface area (Å²) >= 11 is 0. The third kappa shape index (κ3) is 4.16. The zero-order valence-corrected chi connectivity index (χ0v) is 9.03. The van der Waals surface area contributed by atoms with Crippen molar-refractivity contribution in [3.05, 3.63) is 0 Å². The second-order valence-corrected chi connectivity index (χ2v) is 3.23. The normalized spacial score (nSPS) is 17.7. The summed E-state index contributed by atoms with van der Waals surface area (Å²) in [5, 5.41) is 2.66. The van der Waals surface area contributed by atoms with Crippen LogP contribution in [0.15, 0.2) is 4.99 Å². The highest BCUT2D eigenvalue weighted by atomic mass is 16.5. The predicted molar refractivity (Wildman–Crippen MR) is 57.6 cm³/mol. The van der Waals surface area contributed by atoms with Crippen LogP contribution < -0.4 is 11.1 Å². The summed E-state index contributed by atoms with van der Waals surface area (Å²) in [6.07, 6.45) is 0. The second-order valence-electron chi connectivity index (χ2n) is 3.23. The summed E-state index contributed by atoms with van der Waals surface area (Å²) in [6, 6.07) is 0. The molecule has 0 saturated carbocycles. The Morgan fingerprint density at radius 3 is 2.80 bits per heavy atom. The molecule has 0 aromatic carbocycles. The number of nitrogens with zero attached hydrogens (tertiary/aromatic N) is 2. The van der Waals surface area contributed by atoms with E-state index in [9.17, 15) is 4.79 Å². The highest BCUT2D eigenvalue weighted by Gasteiger charge is 2.12. The van der Waals surface area contributed by atoms with E-state index in [0.717, 1.165) is 13.1 Å². The van der Waals surface area contributed by atoms with Gasteiger partial charge in [0.05, 0.1) is 13.2 Å². The van der Waals surface area contributed by atoms with Crippen molar-refractivity contribution < 1.29 is 9.53 Å². The van der Waals surface area contributed by atoms with Crippen molar-refractivity contribution >= 4 is 11.9 Å². The van der Waals surface area contributed by atoms with Gasteiger partial charge in [-0.3, -0.25) is 4.79 Å². The average molecular weight is 214 g/mol. The van der Waals surface area contributed by atoms with Crippen molar-refractivity contribution in [2.45, 2.75) is 6.92 Å². The van der Waals surface area contributed by atoms with Gasteiger partial charge in [-0.15, -0.1) is 0 Å². The number of carbonyl (C=O) groups is 1. The van der Waals surface area contributed by atoms with Gasteiger partial charge in [0.15, 0.2) is 5.96 Å². The van der Waals surface area contributed by atoms with Crippen LogP contribution in [0.4, 0.5) is 0 Å². The lowest BCUT2D eigenvalue weighted by atomic mass is 10.4. The van der Waals surface area contributed by atoms with Gasteiger partial charge < -0.3 is 20.7 Å². The Bertz CT molecular complexity index is 236. The molecule has 1 aliphatic rings. The molecular formula is C9H18N4O2. The van der Waals surface area contributed by atoms with Crippen molar-refractivity contribution in [3.8, 4) is 0 Å². The largest absolute Gasteiger partial charge is 0.378 e. The van der Waals surface area contributed by atoms with E-state index in [1.165, 1.54) is 0 Å². The minimum absolute atomic E-state index is 0.0943. The molecule has 0 atom stereocenters. The molecule has 0 aromatic rings. The van der Waals surface area contributed by atoms with Gasteiger partial charge in [-0.2, -0.15) is 0 Å². The summed E-state index contributed by atoms with van der Waals surface area (Å²) < 4.78 is 5.18. The number of nitrogens with two attached hydrogens (primary N) is 1. The summed E-state index contributed by atoms with van der Waals surface area (Å²) in [4.78, 5) is 17.1. The number of nitrogens with one attached hydrogen (secondary N) is 1. The molecule has 15 heavy (non-hydrogen) atoms. The Labute approximate surface area is 89.5 Å². The Balaban J connectivity index is 2.33. The van der Waals surface area contributed by atoms with E-state index in [1.807, 2.05) is 11.8 Å². The maximum Gasteiger partial charge on any atom is 0.241 e. The minimum atomic E-state index is -0.103. The lowest BCUT2D eigenvalue weighted by molar-refractivity contribution is -0.119. The molecule has 1 amide bonds. The highest BCUT2D eigenvalue weighted by Crippen LogP contribution is 1.95. The Morgan fingerprint density at radius 2 is 2.20 bits per heavy atom. The molecule has 1 rings (SSSR count). The standard InChI is InChI=1S/C9H18N4O2/c1-2-11-8(14)7-12-9(10)13-3-5-15-6-4-13/h2-7H2,1H3,(H2,10,12)(H,11,14). The third-order valence-electron chi connectivity index (χ3n) is 2.09. The van der Waals surface area contributed by atoms with Crippen molar-refractivity contribution in [2.75, 3.05) is 39.4 Å². The average Bonchev–Trinajstić information content (AvgIpc) is 2.27. The monoisotopic (exact) mass is 214 g/mol. The molecule has 6 heteroatoms. The molecule has 0 aliphatic carbocycles. The topological polar surface area (TPSA) is 80.0 Å². The van der Waals surface area contributed by atoms with Crippen LogP contribution in [0.3, 0.4) is 0 Å². The quantitative estimate of drug-likeness (QED) is 0.455. The zero-order chi connectivity index (χ0) is 11.1. The van der Waals surface area contributed by atoms with Crippen LogP contribution in [0.2, 0.25) is 0 Å². The Hall–Kier alpha value is -1.30. The van der Waals surface area contributed by atoms with Crippen molar-refractivity contribution in [2.24, 2.45) is 10.7 Å². The maximum absolute atomic E-state index is 11.1. The van der Waals surface area contributed by atoms with E-state index < -0.39 is 0 Å². The number of morpholine rings is 1. The van der Waals surface area contributed by atoms with Gasteiger partial charge in [-0.25, -0.2) is 4.99 Å². The molecule has 1 aliphatic heterocycles. The van der Waals surface area contributed by atoms with Gasteiger partial charge >= 0.3 is 0 Å². The molecule has 86 valence electrons. The summed E-state index contributed by atoms with van der Waals surface area (Å²) in [7, 11) is 0. The maximum atomic E-state index is 11.1. The first-order valence-electron chi connectivity index (χ1n) is 5.13. The van der Waals surface area contributed by atoms with Crippen molar-refractivity contribution in [1.82, 2.24) is 10.2 Å². The van der Waals surface area contributed by atoms with Crippen molar-refractivity contribution in [3.63, 3.8) is 0 Å².